The molecule has 6 heteroatoms. The zero-order chi connectivity index (χ0) is 28.6. The number of pyridine rings is 1. The van der Waals surface area contributed by atoms with E-state index in [9.17, 15) is 9.90 Å². The largest absolute Gasteiger partial charge is 0.487 e. The van der Waals surface area contributed by atoms with E-state index in [1.54, 1.807) is 0 Å². The highest BCUT2D eigenvalue weighted by atomic mass is 32.2. The molecule has 1 aliphatic rings. The molecule has 208 valence electrons. The van der Waals surface area contributed by atoms with Crippen molar-refractivity contribution in [3.05, 3.63) is 114 Å². The zero-order valence-corrected chi connectivity index (χ0v) is 24.4. The van der Waals surface area contributed by atoms with Crippen molar-refractivity contribution >= 4 is 28.6 Å². The lowest BCUT2D eigenvalue weighted by molar-refractivity contribution is -0.146. The number of carboxylic acid groups (broad SMARTS) is 1. The van der Waals surface area contributed by atoms with Crippen LogP contribution in [0.2, 0.25) is 0 Å². The first kappa shape index (κ1) is 27.2. The van der Waals surface area contributed by atoms with Crippen molar-refractivity contribution in [1.29, 1.82) is 0 Å². The standard InChI is InChI=1S/C35H34N2O3S/c1-23-18-28-31(40-22-27-15-14-26(20-36-27)25-12-8-5-9-13-25)17-16-29-32(28)33(41-23)30(19-35(2,3)34(38)39)37(29)21-24-10-6-4-7-11-24/h4-17,20,23H,18-19,21-22H2,1-3H3,(H,38,39). The van der Waals surface area contributed by atoms with Gasteiger partial charge in [-0.3, -0.25) is 9.78 Å². The second kappa shape index (κ2) is 11.1. The maximum Gasteiger partial charge on any atom is 0.309 e. The Morgan fingerprint density at radius 3 is 2.41 bits per heavy atom. The lowest BCUT2D eigenvalue weighted by Crippen LogP contribution is -2.28. The Labute approximate surface area is 245 Å². The summed E-state index contributed by atoms with van der Waals surface area (Å²) in [5, 5.41) is 11.5. The first-order valence-corrected chi connectivity index (χ1v) is 14.9. The molecule has 1 aliphatic heterocycles. The van der Waals surface area contributed by atoms with E-state index in [4.69, 9.17) is 4.74 Å². The molecule has 2 aromatic heterocycles. The minimum atomic E-state index is -0.891. The smallest absolute Gasteiger partial charge is 0.309 e. The first-order valence-electron chi connectivity index (χ1n) is 14.0. The summed E-state index contributed by atoms with van der Waals surface area (Å²) in [6, 6.07) is 29.0. The number of carboxylic acids is 1. The predicted molar refractivity (Wildman–Crippen MR) is 166 cm³/mol. The second-order valence-electron chi connectivity index (χ2n) is 11.5. The van der Waals surface area contributed by atoms with Gasteiger partial charge in [-0.05, 0) is 49.6 Å². The van der Waals surface area contributed by atoms with E-state index in [0.717, 1.165) is 40.2 Å². The average molecular weight is 563 g/mol. The van der Waals surface area contributed by atoms with E-state index in [1.807, 2.05) is 62.1 Å². The molecule has 0 fully saturated rings. The molecule has 0 amide bonds. The van der Waals surface area contributed by atoms with Crippen molar-refractivity contribution < 1.29 is 14.6 Å². The Hall–Kier alpha value is -4.03. The topological polar surface area (TPSA) is 64.3 Å². The zero-order valence-electron chi connectivity index (χ0n) is 23.6. The Balaban J connectivity index is 1.37. The van der Waals surface area contributed by atoms with E-state index in [-0.39, 0.29) is 0 Å². The Bertz CT molecular complexity index is 1690. The molecular formula is C35H34N2O3S. The molecule has 5 aromatic rings. The van der Waals surface area contributed by atoms with Gasteiger partial charge in [0.05, 0.1) is 16.6 Å². The van der Waals surface area contributed by atoms with E-state index < -0.39 is 11.4 Å². The maximum atomic E-state index is 12.2. The molecule has 0 spiro atoms. The Morgan fingerprint density at radius 1 is 1.00 bits per heavy atom. The number of aliphatic carboxylic acids is 1. The van der Waals surface area contributed by atoms with Crippen LogP contribution in [0.25, 0.3) is 22.0 Å². The van der Waals surface area contributed by atoms with E-state index in [2.05, 4.69) is 71.1 Å². The highest BCUT2D eigenvalue weighted by molar-refractivity contribution is 8.00. The molecule has 0 bridgehead atoms. The van der Waals surface area contributed by atoms with Gasteiger partial charge in [0, 0.05) is 51.5 Å². The summed E-state index contributed by atoms with van der Waals surface area (Å²) in [5.74, 6) is 0.0887. The van der Waals surface area contributed by atoms with E-state index >= 15 is 0 Å². The van der Waals surface area contributed by atoms with Crippen molar-refractivity contribution in [3.63, 3.8) is 0 Å². The van der Waals surface area contributed by atoms with Gasteiger partial charge >= 0.3 is 5.97 Å². The fourth-order valence-electron chi connectivity index (χ4n) is 5.58. The summed E-state index contributed by atoms with van der Waals surface area (Å²) in [6.45, 7) is 6.94. The summed E-state index contributed by atoms with van der Waals surface area (Å²) in [7, 11) is 0. The van der Waals surface area contributed by atoms with Gasteiger partial charge in [-0.15, -0.1) is 11.8 Å². The summed E-state index contributed by atoms with van der Waals surface area (Å²) in [4.78, 5) is 18.0. The fraction of sp³-hybridized carbons (Fsp3) is 0.257. The number of benzene rings is 3. The third kappa shape index (κ3) is 5.49. The van der Waals surface area contributed by atoms with Crippen LogP contribution in [0, 0.1) is 5.41 Å². The minimum Gasteiger partial charge on any atom is -0.487 e. The molecular weight excluding hydrogens is 528 g/mol. The molecule has 0 saturated carbocycles. The van der Waals surface area contributed by atoms with Crippen LogP contribution in [0.5, 0.6) is 5.75 Å². The van der Waals surface area contributed by atoms with E-state index in [1.165, 1.54) is 21.4 Å². The van der Waals surface area contributed by atoms with Crippen molar-refractivity contribution in [3.8, 4) is 16.9 Å². The van der Waals surface area contributed by atoms with Gasteiger partial charge in [0.25, 0.3) is 0 Å². The third-order valence-electron chi connectivity index (χ3n) is 7.84. The summed E-state index contributed by atoms with van der Waals surface area (Å²) in [5.41, 5.74) is 6.82. The fourth-order valence-corrected chi connectivity index (χ4v) is 6.90. The monoisotopic (exact) mass is 562 g/mol. The number of aromatic nitrogens is 2. The molecule has 5 nitrogen and oxygen atoms in total. The first-order chi connectivity index (χ1) is 19.8. The minimum absolute atomic E-state index is 0.345. The van der Waals surface area contributed by atoms with Gasteiger partial charge in [-0.2, -0.15) is 0 Å². The number of hydrogen-bond acceptors (Lipinski definition) is 4. The molecule has 3 aromatic carbocycles. The van der Waals surface area contributed by atoms with Gasteiger partial charge < -0.3 is 14.4 Å². The van der Waals surface area contributed by atoms with E-state index in [0.29, 0.717) is 24.8 Å². The predicted octanol–water partition coefficient (Wildman–Crippen LogP) is 8.02. The van der Waals surface area contributed by atoms with Crippen LogP contribution in [0.15, 0.2) is 96.0 Å². The van der Waals surface area contributed by atoms with Crippen molar-refractivity contribution in [1.82, 2.24) is 9.55 Å². The number of rotatable bonds is 9. The van der Waals surface area contributed by atoms with Crippen LogP contribution >= 0.6 is 11.8 Å². The highest BCUT2D eigenvalue weighted by Gasteiger charge is 2.34. The quantitative estimate of drug-likeness (QED) is 0.197. The van der Waals surface area contributed by atoms with Crippen molar-refractivity contribution in [2.75, 3.05) is 0 Å². The van der Waals surface area contributed by atoms with Crippen LogP contribution in [-0.2, 0) is 30.8 Å². The van der Waals surface area contributed by atoms with Crippen LogP contribution in [-0.4, -0.2) is 25.9 Å². The molecule has 0 aliphatic carbocycles. The number of nitrogens with zero attached hydrogens (tertiary/aromatic N) is 2. The number of hydrogen-bond donors (Lipinski definition) is 1. The van der Waals surface area contributed by atoms with Crippen LogP contribution in [0.4, 0.5) is 0 Å². The average Bonchev–Trinajstić information content (AvgIpc) is 3.25. The molecule has 1 atom stereocenters. The van der Waals surface area contributed by atoms with Crippen LogP contribution < -0.4 is 4.74 Å². The molecule has 0 radical (unpaired) electrons. The lowest BCUT2D eigenvalue weighted by Gasteiger charge is -2.24. The summed E-state index contributed by atoms with van der Waals surface area (Å²) < 4.78 is 8.76. The summed E-state index contributed by atoms with van der Waals surface area (Å²) in [6.07, 6.45) is 3.24. The van der Waals surface area contributed by atoms with Gasteiger partial charge in [-0.1, -0.05) is 73.7 Å². The number of thioether (sulfide) groups is 1. The molecule has 1 unspecified atom stereocenters. The van der Waals surface area contributed by atoms with Gasteiger partial charge in [-0.25, -0.2) is 0 Å². The third-order valence-corrected chi connectivity index (χ3v) is 9.09. The SMILES string of the molecule is CC1Cc2c(OCc3ccc(-c4ccccc4)cn3)ccc3c2c(c(CC(C)(C)C(=O)O)n3Cc2ccccc2)S1. The number of carbonyl (C=O) groups is 1. The maximum absolute atomic E-state index is 12.2. The van der Waals surface area contributed by atoms with Gasteiger partial charge in [0.1, 0.15) is 12.4 Å². The van der Waals surface area contributed by atoms with Crippen molar-refractivity contribution in [2.45, 2.75) is 56.9 Å². The van der Waals surface area contributed by atoms with Gasteiger partial charge in [0.2, 0.25) is 0 Å². The van der Waals surface area contributed by atoms with Crippen LogP contribution in [0.1, 0.15) is 43.3 Å². The Kier molecular flexibility index (Phi) is 7.35. The normalized spacial score (nSPS) is 14.8. The highest BCUT2D eigenvalue weighted by Crippen LogP contribution is 2.48. The molecule has 41 heavy (non-hydrogen) atoms. The Morgan fingerprint density at radius 2 is 1.73 bits per heavy atom. The summed E-state index contributed by atoms with van der Waals surface area (Å²) >= 11 is 1.86. The van der Waals surface area contributed by atoms with Gasteiger partial charge in [0.15, 0.2) is 0 Å². The van der Waals surface area contributed by atoms with Crippen LogP contribution in [0.3, 0.4) is 0 Å². The second-order valence-corrected chi connectivity index (χ2v) is 12.9. The molecule has 1 N–H and O–H groups in total. The van der Waals surface area contributed by atoms with Crippen molar-refractivity contribution in [2.24, 2.45) is 5.41 Å². The lowest BCUT2D eigenvalue weighted by atomic mass is 9.87. The molecule has 3 heterocycles. The number of ether oxygens (including phenoxy) is 1. The molecule has 0 saturated heterocycles. The molecule has 6 rings (SSSR count).